The lowest BCUT2D eigenvalue weighted by molar-refractivity contribution is 0.0643. The number of furan rings is 1. The summed E-state index contributed by atoms with van der Waals surface area (Å²) in [6.45, 7) is 0.551. The fraction of sp³-hybridized carbons (Fsp3) is 0.400. The Labute approximate surface area is 112 Å². The molecule has 100 valence electrons. The molecule has 0 bridgehead atoms. The number of hydrogen-bond acceptors (Lipinski definition) is 2. The van der Waals surface area contributed by atoms with Crippen molar-refractivity contribution in [3.8, 4) is 0 Å². The molecule has 0 radical (unpaired) electrons. The summed E-state index contributed by atoms with van der Waals surface area (Å²) < 4.78 is 5.39. The molecule has 3 rings (SSSR count). The number of nitrogens with zero attached hydrogens (tertiary/aromatic N) is 1. The van der Waals surface area contributed by atoms with Crippen LogP contribution < -0.4 is 0 Å². The van der Waals surface area contributed by atoms with Crippen LogP contribution in [0.1, 0.15) is 41.9 Å². The number of nitrogens with one attached hydrogen (secondary N) is 1. The summed E-state index contributed by atoms with van der Waals surface area (Å²) in [7, 11) is 0. The third-order valence-corrected chi connectivity index (χ3v) is 3.76. The van der Waals surface area contributed by atoms with Crippen LogP contribution in [-0.2, 0) is 6.54 Å². The second kappa shape index (κ2) is 5.34. The van der Waals surface area contributed by atoms with Crippen LogP contribution in [0.5, 0.6) is 0 Å². The van der Waals surface area contributed by atoms with Crippen LogP contribution in [0.25, 0.3) is 0 Å². The minimum Gasteiger partial charge on any atom is -0.467 e. The number of hydrogen-bond donors (Lipinski definition) is 1. The average molecular weight is 258 g/mol. The van der Waals surface area contributed by atoms with E-state index in [9.17, 15) is 4.79 Å². The van der Waals surface area contributed by atoms with Crippen molar-refractivity contribution in [1.82, 2.24) is 9.88 Å². The molecule has 4 nitrogen and oxygen atoms in total. The first-order valence-corrected chi connectivity index (χ1v) is 6.81. The van der Waals surface area contributed by atoms with Crippen molar-refractivity contribution >= 4 is 5.91 Å². The van der Waals surface area contributed by atoms with Crippen molar-refractivity contribution < 1.29 is 9.21 Å². The fourth-order valence-electron chi connectivity index (χ4n) is 2.77. The third kappa shape index (κ3) is 2.57. The summed E-state index contributed by atoms with van der Waals surface area (Å²) in [4.78, 5) is 17.5. The van der Waals surface area contributed by atoms with Gasteiger partial charge < -0.3 is 14.3 Å². The van der Waals surface area contributed by atoms with Gasteiger partial charge in [0, 0.05) is 12.2 Å². The van der Waals surface area contributed by atoms with E-state index in [1.807, 2.05) is 29.2 Å². The Balaban J connectivity index is 1.81. The summed E-state index contributed by atoms with van der Waals surface area (Å²) in [5.41, 5.74) is 0.651. The maximum absolute atomic E-state index is 12.6. The molecule has 0 saturated heterocycles. The van der Waals surface area contributed by atoms with Gasteiger partial charge in [0.1, 0.15) is 11.5 Å². The topological polar surface area (TPSA) is 49.2 Å². The van der Waals surface area contributed by atoms with Crippen molar-refractivity contribution in [1.29, 1.82) is 0 Å². The monoisotopic (exact) mass is 258 g/mol. The largest absolute Gasteiger partial charge is 0.467 e. The molecule has 1 amide bonds. The molecule has 0 aromatic carbocycles. The third-order valence-electron chi connectivity index (χ3n) is 3.76. The van der Waals surface area contributed by atoms with Gasteiger partial charge in [0.05, 0.1) is 12.8 Å². The molecule has 0 atom stereocenters. The number of H-pyrrole nitrogens is 1. The molecular weight excluding hydrogens is 240 g/mol. The van der Waals surface area contributed by atoms with Crippen LogP contribution in [0, 0.1) is 0 Å². The highest BCUT2D eigenvalue weighted by atomic mass is 16.3. The molecule has 4 heteroatoms. The molecule has 0 unspecified atom stereocenters. The van der Waals surface area contributed by atoms with E-state index < -0.39 is 0 Å². The Morgan fingerprint density at radius 1 is 1.32 bits per heavy atom. The highest BCUT2D eigenvalue weighted by molar-refractivity contribution is 5.92. The van der Waals surface area contributed by atoms with Crippen LogP contribution in [0.4, 0.5) is 0 Å². The molecule has 0 spiro atoms. The molecule has 2 aromatic rings. The van der Waals surface area contributed by atoms with Gasteiger partial charge in [-0.15, -0.1) is 0 Å². The standard InChI is InChI=1S/C15H18N2O2/c18-15(14-8-3-9-16-14)17(12-5-1-2-6-12)11-13-7-4-10-19-13/h3-4,7-10,12,16H,1-2,5-6,11H2. The van der Waals surface area contributed by atoms with Gasteiger partial charge in [-0.25, -0.2) is 0 Å². The SMILES string of the molecule is O=C(c1ccc[nH]1)N(Cc1ccco1)C1CCCC1. The molecule has 19 heavy (non-hydrogen) atoms. The predicted octanol–water partition coefficient (Wildman–Crippen LogP) is 3.19. The quantitative estimate of drug-likeness (QED) is 0.915. The summed E-state index contributed by atoms with van der Waals surface area (Å²) in [5, 5.41) is 0. The maximum Gasteiger partial charge on any atom is 0.270 e. The summed E-state index contributed by atoms with van der Waals surface area (Å²) in [6, 6.07) is 7.80. The van der Waals surface area contributed by atoms with E-state index in [0.29, 0.717) is 18.3 Å². The van der Waals surface area contributed by atoms with Crippen molar-refractivity contribution in [2.75, 3.05) is 0 Å². The minimum absolute atomic E-state index is 0.0632. The summed E-state index contributed by atoms with van der Waals surface area (Å²) >= 11 is 0. The van der Waals surface area contributed by atoms with Crippen LogP contribution in [0.15, 0.2) is 41.1 Å². The van der Waals surface area contributed by atoms with Gasteiger partial charge >= 0.3 is 0 Å². The van der Waals surface area contributed by atoms with Crippen LogP contribution in [0.3, 0.4) is 0 Å². The molecule has 2 heterocycles. The van der Waals surface area contributed by atoms with E-state index in [4.69, 9.17) is 4.42 Å². The zero-order chi connectivity index (χ0) is 13.1. The Hall–Kier alpha value is -1.97. The van der Waals surface area contributed by atoms with Crippen molar-refractivity contribution in [3.05, 3.63) is 48.2 Å². The molecule has 2 aromatic heterocycles. The molecule has 1 fully saturated rings. The Morgan fingerprint density at radius 2 is 2.16 bits per heavy atom. The second-order valence-corrected chi connectivity index (χ2v) is 5.03. The Morgan fingerprint density at radius 3 is 2.79 bits per heavy atom. The lowest BCUT2D eigenvalue weighted by atomic mass is 10.2. The molecule has 0 aliphatic heterocycles. The second-order valence-electron chi connectivity index (χ2n) is 5.03. The van der Waals surface area contributed by atoms with Gasteiger partial charge in [0.25, 0.3) is 5.91 Å². The Kier molecular flexibility index (Phi) is 3.40. The zero-order valence-corrected chi connectivity index (χ0v) is 10.8. The molecule has 1 aliphatic carbocycles. The van der Waals surface area contributed by atoms with Gasteiger partial charge in [-0.2, -0.15) is 0 Å². The highest BCUT2D eigenvalue weighted by Gasteiger charge is 2.28. The number of aromatic amines is 1. The van der Waals surface area contributed by atoms with Gasteiger partial charge in [-0.3, -0.25) is 4.79 Å². The highest BCUT2D eigenvalue weighted by Crippen LogP contribution is 2.26. The van der Waals surface area contributed by atoms with Crippen LogP contribution in [0.2, 0.25) is 0 Å². The lowest BCUT2D eigenvalue weighted by Gasteiger charge is -2.27. The van der Waals surface area contributed by atoms with Gasteiger partial charge in [0.2, 0.25) is 0 Å². The number of aromatic nitrogens is 1. The summed E-state index contributed by atoms with van der Waals surface area (Å²) in [5.74, 6) is 0.903. The normalized spacial score (nSPS) is 15.8. The first-order chi connectivity index (χ1) is 9.34. The first kappa shape index (κ1) is 12.1. The molecular formula is C15H18N2O2. The van der Waals surface area contributed by atoms with Crippen molar-refractivity contribution in [2.45, 2.75) is 38.3 Å². The van der Waals surface area contributed by atoms with Crippen molar-refractivity contribution in [2.24, 2.45) is 0 Å². The van der Waals surface area contributed by atoms with Crippen LogP contribution in [-0.4, -0.2) is 21.8 Å². The Bertz CT molecular complexity index is 510. The van der Waals surface area contributed by atoms with E-state index in [0.717, 1.165) is 18.6 Å². The number of carbonyl (C=O) groups is 1. The van der Waals surface area contributed by atoms with Gasteiger partial charge in [-0.05, 0) is 37.1 Å². The van der Waals surface area contributed by atoms with E-state index in [1.54, 1.807) is 12.5 Å². The summed E-state index contributed by atoms with van der Waals surface area (Å²) in [6.07, 6.45) is 8.03. The van der Waals surface area contributed by atoms with E-state index in [2.05, 4.69) is 4.98 Å². The van der Waals surface area contributed by atoms with Gasteiger partial charge in [-0.1, -0.05) is 12.8 Å². The van der Waals surface area contributed by atoms with Crippen molar-refractivity contribution in [3.63, 3.8) is 0 Å². The first-order valence-electron chi connectivity index (χ1n) is 6.81. The zero-order valence-electron chi connectivity index (χ0n) is 10.8. The minimum atomic E-state index is 0.0632. The molecule has 1 N–H and O–H groups in total. The predicted molar refractivity (Wildman–Crippen MR) is 71.6 cm³/mol. The number of amides is 1. The molecule has 1 saturated carbocycles. The van der Waals surface area contributed by atoms with E-state index in [-0.39, 0.29) is 5.91 Å². The average Bonchev–Trinajstić information content (AvgIpc) is 3.15. The lowest BCUT2D eigenvalue weighted by Crippen LogP contribution is -2.38. The van der Waals surface area contributed by atoms with Gasteiger partial charge in [0.15, 0.2) is 0 Å². The fourth-order valence-corrected chi connectivity index (χ4v) is 2.77. The number of carbonyl (C=O) groups excluding carboxylic acids is 1. The number of rotatable bonds is 4. The van der Waals surface area contributed by atoms with E-state index >= 15 is 0 Å². The van der Waals surface area contributed by atoms with Crippen LogP contribution >= 0.6 is 0 Å². The van der Waals surface area contributed by atoms with E-state index in [1.165, 1.54) is 12.8 Å². The maximum atomic E-state index is 12.6. The smallest absolute Gasteiger partial charge is 0.270 e. The molecule has 1 aliphatic rings.